The van der Waals surface area contributed by atoms with Gasteiger partial charge in [-0.15, -0.1) is 0 Å². The van der Waals surface area contributed by atoms with Crippen LogP contribution >= 0.6 is 56.5 Å². The van der Waals surface area contributed by atoms with Crippen molar-refractivity contribution in [1.29, 1.82) is 0 Å². The van der Waals surface area contributed by atoms with Crippen molar-refractivity contribution in [2.75, 3.05) is 20.8 Å². The summed E-state index contributed by atoms with van der Waals surface area (Å²) in [5.41, 5.74) is 2.32. The number of aromatic nitrogens is 1. The molecule has 0 fully saturated rings. The second-order valence-electron chi connectivity index (χ2n) is 7.88. The Bertz CT molecular complexity index is 1550. The van der Waals surface area contributed by atoms with E-state index in [2.05, 4.69) is 54.9 Å². The van der Waals surface area contributed by atoms with Crippen molar-refractivity contribution < 1.29 is 23.8 Å². The van der Waals surface area contributed by atoms with Gasteiger partial charge >= 0.3 is 11.9 Å². The van der Waals surface area contributed by atoms with E-state index in [9.17, 15) is 14.4 Å². The Labute approximate surface area is 243 Å². The summed E-state index contributed by atoms with van der Waals surface area (Å²) in [7, 11) is 2.64. The third-order valence-corrected chi connectivity index (χ3v) is 8.23. The molecular formula is C26H22I2N2O6S. The van der Waals surface area contributed by atoms with Gasteiger partial charge in [0.15, 0.2) is 11.4 Å². The Balaban J connectivity index is 1.85. The van der Waals surface area contributed by atoms with Gasteiger partial charge in [0.05, 0.1) is 43.2 Å². The minimum Gasteiger partial charge on any atom is -0.480 e. The molecule has 0 amide bonds. The maximum Gasteiger partial charge on any atom is 0.343 e. The number of allylic oxidation sites excluding steroid dienone is 1. The average Bonchev–Trinajstić information content (AvgIpc) is 3.21. The Morgan fingerprint density at radius 2 is 1.78 bits per heavy atom. The summed E-state index contributed by atoms with van der Waals surface area (Å²) < 4.78 is 19.0. The summed E-state index contributed by atoms with van der Waals surface area (Å²) in [4.78, 5) is 43.3. The average molecular weight is 744 g/mol. The first-order valence-electron chi connectivity index (χ1n) is 11.2. The van der Waals surface area contributed by atoms with Crippen molar-refractivity contribution in [2.24, 2.45) is 4.99 Å². The summed E-state index contributed by atoms with van der Waals surface area (Å²) in [5.74, 6) is -0.400. The molecule has 3 aromatic rings. The molecule has 1 aliphatic heterocycles. The van der Waals surface area contributed by atoms with Crippen LogP contribution in [0.3, 0.4) is 0 Å². The number of esters is 2. The zero-order valence-corrected chi connectivity index (χ0v) is 25.2. The quantitative estimate of drug-likeness (QED) is 0.272. The van der Waals surface area contributed by atoms with Gasteiger partial charge in [-0.1, -0.05) is 48.6 Å². The normalized spacial score (nSPS) is 15.2. The molecule has 0 radical (unpaired) electrons. The number of nitrogens with zero attached hydrogens (tertiary/aromatic N) is 2. The summed E-state index contributed by atoms with van der Waals surface area (Å²) in [6, 6.07) is 12.5. The number of carbonyl (C=O) groups excluding carboxylic acids is 2. The zero-order valence-electron chi connectivity index (χ0n) is 20.1. The monoisotopic (exact) mass is 744 g/mol. The first-order valence-corrected chi connectivity index (χ1v) is 14.1. The number of halogens is 2. The molecule has 8 nitrogen and oxygen atoms in total. The smallest absolute Gasteiger partial charge is 0.343 e. The van der Waals surface area contributed by atoms with E-state index >= 15 is 0 Å². The van der Waals surface area contributed by atoms with Gasteiger partial charge in [-0.2, -0.15) is 0 Å². The fourth-order valence-corrected chi connectivity index (χ4v) is 7.10. The molecule has 0 N–H and O–H groups in total. The van der Waals surface area contributed by atoms with Crippen LogP contribution in [0.4, 0.5) is 0 Å². The fraction of sp³-hybridized carbons (Fsp3) is 0.231. The van der Waals surface area contributed by atoms with Crippen molar-refractivity contribution >= 4 is 74.5 Å². The first-order chi connectivity index (χ1) is 17.8. The van der Waals surface area contributed by atoms with Gasteiger partial charge in [0.2, 0.25) is 0 Å². The topological polar surface area (TPSA) is 96.2 Å². The number of hydrogen-bond donors (Lipinski definition) is 0. The number of hydrogen-bond acceptors (Lipinski definition) is 8. The van der Waals surface area contributed by atoms with Gasteiger partial charge in [-0.25, -0.2) is 14.6 Å². The van der Waals surface area contributed by atoms with Crippen LogP contribution in [0.5, 0.6) is 5.75 Å². The number of thiazole rings is 1. The SMILES string of the molecule is CCC1=C(C(=O)OC)[C@H](c2ccccc2)n2c(s/c(=C\c3cc(I)c(OCC(=O)OC)c(I)c3)c2=O)=N1. The number of carbonyl (C=O) groups is 2. The van der Waals surface area contributed by atoms with Crippen LogP contribution in [0.1, 0.15) is 30.5 Å². The highest BCUT2D eigenvalue weighted by atomic mass is 127. The fourth-order valence-electron chi connectivity index (χ4n) is 3.96. The number of fused-ring (bicyclic) bond motifs is 1. The Morgan fingerprint density at radius 3 is 2.38 bits per heavy atom. The molecule has 1 aromatic heterocycles. The molecule has 1 atom stereocenters. The number of methoxy groups -OCH3 is 2. The lowest BCUT2D eigenvalue weighted by Crippen LogP contribution is -2.40. The van der Waals surface area contributed by atoms with Crippen molar-refractivity contribution in [2.45, 2.75) is 19.4 Å². The molecule has 4 rings (SSSR count). The molecule has 0 spiro atoms. The Hall–Kier alpha value is -2.52. The van der Waals surface area contributed by atoms with E-state index in [1.807, 2.05) is 49.4 Å². The van der Waals surface area contributed by atoms with Gasteiger partial charge < -0.3 is 14.2 Å². The standard InChI is InChI=1S/C26H22I2N2O6S/c1-4-18-21(25(33)35-3)22(15-8-6-5-7-9-15)30-24(32)19(37-26(30)29-18)12-14-10-16(27)23(17(28)11-14)36-13-20(31)34-2/h5-12,22H,4,13H2,1-3H3/b19-12-/t22-/m0/s1. The number of rotatable bonds is 7. The second kappa shape index (κ2) is 11.9. The van der Waals surface area contributed by atoms with Crippen LogP contribution in [0.15, 0.2) is 63.5 Å². The lowest BCUT2D eigenvalue weighted by molar-refractivity contribution is -0.143. The van der Waals surface area contributed by atoms with Gasteiger partial charge in [-0.05, 0) is 80.9 Å². The third kappa shape index (κ3) is 5.67. The Kier molecular flexibility index (Phi) is 8.85. The lowest BCUT2D eigenvalue weighted by Gasteiger charge is -2.25. The molecule has 11 heteroatoms. The summed E-state index contributed by atoms with van der Waals surface area (Å²) >= 11 is 5.54. The van der Waals surface area contributed by atoms with E-state index in [4.69, 9.17) is 9.47 Å². The van der Waals surface area contributed by atoms with Crippen LogP contribution < -0.4 is 19.6 Å². The molecule has 0 saturated heterocycles. The van der Waals surface area contributed by atoms with Crippen molar-refractivity contribution in [1.82, 2.24) is 4.57 Å². The maximum atomic E-state index is 13.7. The molecule has 0 unspecified atom stereocenters. The van der Waals surface area contributed by atoms with Crippen LogP contribution in [-0.2, 0) is 19.1 Å². The van der Waals surface area contributed by atoms with Crippen molar-refractivity contribution in [3.05, 3.63) is 91.7 Å². The van der Waals surface area contributed by atoms with Gasteiger partial charge in [0.1, 0.15) is 5.75 Å². The largest absolute Gasteiger partial charge is 0.480 e. The van der Waals surface area contributed by atoms with E-state index in [0.29, 0.717) is 32.8 Å². The van der Waals surface area contributed by atoms with E-state index in [-0.39, 0.29) is 12.2 Å². The molecule has 1 aliphatic rings. The van der Waals surface area contributed by atoms with Gasteiger partial charge in [0, 0.05) is 0 Å². The van der Waals surface area contributed by atoms with E-state index in [1.54, 1.807) is 10.6 Å². The van der Waals surface area contributed by atoms with Gasteiger partial charge in [0.25, 0.3) is 5.56 Å². The minimum atomic E-state index is -0.642. The van der Waals surface area contributed by atoms with Crippen molar-refractivity contribution in [3.63, 3.8) is 0 Å². The second-order valence-corrected chi connectivity index (χ2v) is 11.2. The number of benzene rings is 2. The highest BCUT2D eigenvalue weighted by molar-refractivity contribution is 14.1. The lowest BCUT2D eigenvalue weighted by atomic mass is 9.95. The van der Waals surface area contributed by atoms with E-state index < -0.39 is 18.0 Å². The number of ether oxygens (including phenoxy) is 3. The highest BCUT2D eigenvalue weighted by Crippen LogP contribution is 2.32. The molecule has 2 aromatic carbocycles. The highest BCUT2D eigenvalue weighted by Gasteiger charge is 2.33. The molecule has 192 valence electrons. The molecule has 0 bridgehead atoms. The first kappa shape index (κ1) is 27.5. The minimum absolute atomic E-state index is 0.192. The summed E-state index contributed by atoms with van der Waals surface area (Å²) in [6.07, 6.45) is 2.32. The van der Waals surface area contributed by atoms with Crippen LogP contribution in [0.25, 0.3) is 6.08 Å². The predicted octanol–water partition coefficient (Wildman–Crippen LogP) is 3.56. The summed E-state index contributed by atoms with van der Waals surface area (Å²) in [5, 5.41) is 0. The van der Waals surface area contributed by atoms with Gasteiger partial charge in [-0.3, -0.25) is 9.36 Å². The zero-order chi connectivity index (χ0) is 26.7. The van der Waals surface area contributed by atoms with Crippen LogP contribution in [0.2, 0.25) is 0 Å². The van der Waals surface area contributed by atoms with E-state index in [0.717, 1.165) is 18.3 Å². The summed E-state index contributed by atoms with van der Waals surface area (Å²) in [6.45, 7) is 1.73. The third-order valence-electron chi connectivity index (χ3n) is 5.65. The molecule has 2 heterocycles. The predicted molar refractivity (Wildman–Crippen MR) is 156 cm³/mol. The molecular weight excluding hydrogens is 722 g/mol. The van der Waals surface area contributed by atoms with Crippen LogP contribution in [-0.4, -0.2) is 37.3 Å². The van der Waals surface area contributed by atoms with Crippen LogP contribution in [0, 0.1) is 7.14 Å². The maximum absolute atomic E-state index is 13.7. The Morgan fingerprint density at radius 1 is 1.11 bits per heavy atom. The molecule has 0 aliphatic carbocycles. The molecule has 37 heavy (non-hydrogen) atoms. The van der Waals surface area contributed by atoms with E-state index in [1.165, 1.54) is 25.6 Å². The molecule has 0 saturated carbocycles. The van der Waals surface area contributed by atoms with Crippen molar-refractivity contribution in [3.8, 4) is 5.75 Å².